The lowest BCUT2D eigenvalue weighted by molar-refractivity contribution is -0.140. The van der Waals surface area contributed by atoms with Crippen molar-refractivity contribution in [3.63, 3.8) is 0 Å². The molecule has 2 aromatic heterocycles. The van der Waals surface area contributed by atoms with E-state index in [0.29, 0.717) is 59.1 Å². The van der Waals surface area contributed by atoms with Crippen LogP contribution in [0.25, 0.3) is 21.9 Å². The van der Waals surface area contributed by atoms with Crippen molar-refractivity contribution in [1.82, 2.24) is 29.6 Å². The zero-order chi connectivity index (χ0) is 38.6. The highest BCUT2D eigenvalue weighted by Crippen LogP contribution is 2.38. The Morgan fingerprint density at radius 2 is 1.83 bits per heavy atom. The summed E-state index contributed by atoms with van der Waals surface area (Å²) in [6.07, 6.45) is 5.68. The minimum Gasteiger partial charge on any atom is -0.507 e. The lowest BCUT2D eigenvalue weighted by Gasteiger charge is -2.40. The van der Waals surface area contributed by atoms with E-state index in [-0.39, 0.29) is 53.6 Å². The fraction of sp³-hybridized carbons (Fsp3) is 0.359. The number of piperidine rings is 1. The van der Waals surface area contributed by atoms with Gasteiger partial charge in [0.25, 0.3) is 11.5 Å². The smallest absolute Gasteiger partial charge is 0.259 e. The lowest BCUT2D eigenvalue weighted by atomic mass is 9.95. The number of aryl methyl sites for hydroxylation is 1. The number of hydrogen-bond donors (Lipinski definition) is 2. The normalized spacial score (nSPS) is 15.8. The molecule has 14 nitrogen and oxygen atoms in total. The SMILES string of the molecule is CC.COc1cc(-c2cn(C)c(=O)c3cnccc23)cc(O)c1CN1CC(C(=O)N(C)Cc2cccc(C=O)c2C(=O)N(C)C2CCC(=O)NC2=O)C1. The van der Waals surface area contributed by atoms with Gasteiger partial charge in [-0.3, -0.25) is 44.0 Å². The molecule has 4 aromatic rings. The summed E-state index contributed by atoms with van der Waals surface area (Å²) in [5.74, 6) is -1.55. The number of benzene rings is 2. The summed E-state index contributed by atoms with van der Waals surface area (Å²) in [6.45, 7) is 5.22. The number of pyridine rings is 2. The topological polar surface area (TPSA) is 171 Å². The van der Waals surface area contributed by atoms with E-state index >= 15 is 0 Å². The molecule has 2 N–H and O–H groups in total. The number of methoxy groups -OCH3 is 1. The van der Waals surface area contributed by atoms with Crippen molar-refractivity contribution in [1.29, 1.82) is 0 Å². The molecule has 0 bridgehead atoms. The van der Waals surface area contributed by atoms with E-state index in [2.05, 4.69) is 10.3 Å². The van der Waals surface area contributed by atoms with Gasteiger partial charge in [-0.1, -0.05) is 32.0 Å². The molecule has 0 spiro atoms. The Morgan fingerprint density at radius 3 is 2.51 bits per heavy atom. The van der Waals surface area contributed by atoms with Crippen molar-refractivity contribution in [2.75, 3.05) is 34.3 Å². The van der Waals surface area contributed by atoms with Gasteiger partial charge < -0.3 is 24.2 Å². The van der Waals surface area contributed by atoms with Gasteiger partial charge in [0.15, 0.2) is 6.29 Å². The number of ether oxygens (including phenoxy) is 1. The average Bonchev–Trinajstić information content (AvgIpc) is 3.14. The summed E-state index contributed by atoms with van der Waals surface area (Å²) < 4.78 is 7.16. The van der Waals surface area contributed by atoms with E-state index in [1.54, 1.807) is 50.8 Å². The number of rotatable bonds is 10. The first-order valence-corrected chi connectivity index (χ1v) is 17.4. The van der Waals surface area contributed by atoms with Gasteiger partial charge in [-0.2, -0.15) is 0 Å². The van der Waals surface area contributed by atoms with Crippen molar-refractivity contribution in [3.8, 4) is 22.6 Å². The molecule has 0 saturated carbocycles. The molecule has 278 valence electrons. The van der Waals surface area contributed by atoms with Crippen LogP contribution < -0.4 is 15.6 Å². The van der Waals surface area contributed by atoms with Crippen LogP contribution in [0.15, 0.2) is 59.8 Å². The highest BCUT2D eigenvalue weighted by molar-refractivity contribution is 6.06. The van der Waals surface area contributed by atoms with E-state index in [0.717, 1.165) is 5.56 Å². The first-order chi connectivity index (χ1) is 25.4. The highest BCUT2D eigenvalue weighted by atomic mass is 16.5. The monoisotopic (exact) mass is 724 g/mol. The van der Waals surface area contributed by atoms with Crippen LogP contribution in [0.3, 0.4) is 0 Å². The highest BCUT2D eigenvalue weighted by Gasteiger charge is 2.37. The molecule has 4 heterocycles. The third-order valence-electron chi connectivity index (χ3n) is 9.69. The molecule has 2 saturated heterocycles. The Morgan fingerprint density at radius 1 is 1.09 bits per heavy atom. The Kier molecular flexibility index (Phi) is 11.7. The molecule has 2 aliphatic heterocycles. The number of aromatic nitrogens is 2. The maximum Gasteiger partial charge on any atom is 0.259 e. The van der Waals surface area contributed by atoms with E-state index in [9.17, 15) is 33.9 Å². The second-order valence-electron chi connectivity index (χ2n) is 13.0. The number of nitrogens with one attached hydrogen (secondary N) is 1. The molecule has 0 radical (unpaired) electrons. The zero-order valence-electron chi connectivity index (χ0n) is 30.7. The molecule has 2 aliphatic rings. The minimum atomic E-state index is -0.872. The summed E-state index contributed by atoms with van der Waals surface area (Å²) in [6, 6.07) is 9.15. The van der Waals surface area contributed by atoms with Crippen LogP contribution in [0.1, 0.15) is 58.5 Å². The number of aldehydes is 1. The van der Waals surface area contributed by atoms with Crippen molar-refractivity contribution >= 4 is 40.7 Å². The molecule has 6 rings (SSSR count). The van der Waals surface area contributed by atoms with Crippen molar-refractivity contribution in [2.24, 2.45) is 13.0 Å². The molecular formula is C39H44N6O8. The van der Waals surface area contributed by atoms with Gasteiger partial charge in [0.05, 0.1) is 24.0 Å². The summed E-state index contributed by atoms with van der Waals surface area (Å²) in [5.41, 5.74) is 2.47. The van der Waals surface area contributed by atoms with E-state index in [1.807, 2.05) is 24.8 Å². The maximum absolute atomic E-state index is 13.7. The molecule has 1 unspecified atom stereocenters. The number of fused-ring (bicyclic) bond motifs is 1. The number of amides is 4. The van der Waals surface area contributed by atoms with Gasteiger partial charge in [0.1, 0.15) is 17.5 Å². The minimum absolute atomic E-state index is 0.0156. The van der Waals surface area contributed by atoms with Gasteiger partial charge >= 0.3 is 0 Å². The number of carbonyl (C=O) groups is 5. The first kappa shape index (κ1) is 38.3. The van der Waals surface area contributed by atoms with Gasteiger partial charge in [-0.15, -0.1) is 0 Å². The molecule has 4 amide bonds. The standard InChI is InChI=1S/C37H38N6O8.C2H6/c1-40(15-21-6-5-7-22(20-44)33(21)37(50)42(3)29-8-9-32(46)39-34(29)47)35(48)24-16-43(17-24)19-28-30(45)12-23(13-31(28)51-4)27-18-41(2)36(49)26-14-38-11-10-25(26)27;1-2/h5-7,10-14,18,20,24,29,45H,8-9,15-17,19H2,1-4H3,(H,39,46,47);1-2H3. The summed E-state index contributed by atoms with van der Waals surface area (Å²) >= 11 is 0. The van der Waals surface area contributed by atoms with Crippen LogP contribution in [0.2, 0.25) is 0 Å². The predicted octanol–water partition coefficient (Wildman–Crippen LogP) is 3.12. The molecule has 53 heavy (non-hydrogen) atoms. The summed E-state index contributed by atoms with van der Waals surface area (Å²) in [4.78, 5) is 84.7. The number of carbonyl (C=O) groups excluding carboxylic acids is 5. The number of imide groups is 1. The first-order valence-electron chi connectivity index (χ1n) is 17.4. The maximum atomic E-state index is 13.7. The van der Waals surface area contributed by atoms with Crippen LogP contribution in [-0.2, 0) is 34.5 Å². The second-order valence-corrected chi connectivity index (χ2v) is 13.0. The van der Waals surface area contributed by atoms with Crippen molar-refractivity contribution in [3.05, 3.63) is 87.6 Å². The third kappa shape index (κ3) is 7.68. The fourth-order valence-corrected chi connectivity index (χ4v) is 6.87. The fourth-order valence-electron chi connectivity index (χ4n) is 6.87. The van der Waals surface area contributed by atoms with E-state index in [1.165, 1.54) is 40.8 Å². The average molecular weight is 725 g/mol. The van der Waals surface area contributed by atoms with Crippen LogP contribution in [0, 0.1) is 5.92 Å². The molecule has 1 atom stereocenters. The van der Waals surface area contributed by atoms with Crippen LogP contribution in [0.5, 0.6) is 11.5 Å². The Balaban J connectivity index is 0.00000266. The van der Waals surface area contributed by atoms with Crippen LogP contribution in [-0.4, -0.2) is 99.6 Å². The number of phenolic OH excluding ortho intramolecular Hbond substituents is 1. The lowest BCUT2D eigenvalue weighted by Crippen LogP contribution is -2.53. The van der Waals surface area contributed by atoms with E-state index < -0.39 is 23.8 Å². The van der Waals surface area contributed by atoms with E-state index in [4.69, 9.17) is 4.74 Å². The number of aromatic hydroxyl groups is 1. The van der Waals surface area contributed by atoms with Crippen LogP contribution >= 0.6 is 0 Å². The number of phenols is 1. The van der Waals surface area contributed by atoms with Crippen molar-refractivity contribution < 1.29 is 33.8 Å². The largest absolute Gasteiger partial charge is 0.507 e. The Hall–Kier alpha value is -5.89. The predicted molar refractivity (Wildman–Crippen MR) is 197 cm³/mol. The van der Waals surface area contributed by atoms with Crippen molar-refractivity contribution in [2.45, 2.75) is 45.8 Å². The quantitative estimate of drug-likeness (QED) is 0.183. The molecular weight excluding hydrogens is 680 g/mol. The van der Waals surface area contributed by atoms with Gasteiger partial charge in [-0.05, 0) is 41.1 Å². The van der Waals surface area contributed by atoms with Gasteiger partial charge in [-0.25, -0.2) is 0 Å². The molecule has 2 aromatic carbocycles. The summed E-state index contributed by atoms with van der Waals surface area (Å²) in [5, 5.41) is 14.6. The van der Waals surface area contributed by atoms with Gasteiger partial charge in [0.2, 0.25) is 17.7 Å². The summed E-state index contributed by atoms with van der Waals surface area (Å²) in [7, 11) is 6.26. The second kappa shape index (κ2) is 16.2. The Bertz CT molecular complexity index is 2140. The number of likely N-dealkylation sites (N-methyl/N-ethyl adjacent to an activating group) is 1. The Labute approximate surface area is 307 Å². The molecule has 2 fully saturated rings. The number of hydrogen-bond acceptors (Lipinski definition) is 10. The van der Waals surface area contributed by atoms with Gasteiger partial charge in [0, 0.05) is 89.0 Å². The zero-order valence-corrected chi connectivity index (χ0v) is 30.7. The molecule has 14 heteroatoms. The third-order valence-corrected chi connectivity index (χ3v) is 9.69. The number of likely N-dealkylation sites (tertiary alicyclic amines) is 1. The molecule has 0 aliphatic carbocycles. The number of nitrogens with zero attached hydrogens (tertiary/aromatic N) is 5. The van der Waals surface area contributed by atoms with Crippen LogP contribution in [0.4, 0.5) is 0 Å².